The molecule has 0 atom stereocenters. The van der Waals surface area contributed by atoms with Gasteiger partial charge in [0.15, 0.2) is 0 Å². The van der Waals surface area contributed by atoms with E-state index >= 15 is 0 Å². The van der Waals surface area contributed by atoms with Crippen LogP contribution >= 0.6 is 34.4 Å². The first-order valence-corrected chi connectivity index (χ1v) is 10.5. The molecule has 0 spiro atoms. The van der Waals surface area contributed by atoms with Gasteiger partial charge in [-0.3, -0.25) is 4.98 Å². The van der Waals surface area contributed by atoms with E-state index in [1.54, 1.807) is 40.6 Å². The molecule has 7 heteroatoms. The van der Waals surface area contributed by atoms with Crippen molar-refractivity contribution in [3.05, 3.63) is 51.7 Å². The number of pyridine rings is 1. The van der Waals surface area contributed by atoms with Gasteiger partial charge < -0.3 is 0 Å². The van der Waals surface area contributed by atoms with Crippen LogP contribution in [0.5, 0.6) is 0 Å². The molecular weight excluding hydrogens is 368 g/mol. The monoisotopic (exact) mass is 384 g/mol. The van der Waals surface area contributed by atoms with Gasteiger partial charge in [0, 0.05) is 27.6 Å². The molecule has 0 aliphatic heterocycles. The third kappa shape index (κ3) is 3.31. The first-order valence-electron chi connectivity index (χ1n) is 7.85. The van der Waals surface area contributed by atoms with Crippen molar-refractivity contribution in [1.82, 2.24) is 19.9 Å². The van der Waals surface area contributed by atoms with Crippen LogP contribution in [-0.4, -0.2) is 19.9 Å². The van der Waals surface area contributed by atoms with Gasteiger partial charge in [-0.1, -0.05) is 17.8 Å². The summed E-state index contributed by atoms with van der Waals surface area (Å²) in [6.45, 7) is 6.25. The van der Waals surface area contributed by atoms with Crippen LogP contribution in [0.3, 0.4) is 0 Å². The lowest BCUT2D eigenvalue weighted by molar-refractivity contribution is 1.01. The van der Waals surface area contributed by atoms with E-state index in [9.17, 15) is 0 Å². The second kappa shape index (κ2) is 6.82. The van der Waals surface area contributed by atoms with Crippen LogP contribution in [0.2, 0.25) is 0 Å². The van der Waals surface area contributed by atoms with Gasteiger partial charge in [-0.15, -0.1) is 22.7 Å². The van der Waals surface area contributed by atoms with Gasteiger partial charge in [0.1, 0.15) is 20.7 Å². The van der Waals surface area contributed by atoms with Gasteiger partial charge in [-0.2, -0.15) is 0 Å². The Morgan fingerprint density at radius 3 is 2.76 bits per heavy atom. The number of fused-ring (bicyclic) bond motifs is 1. The Bertz CT molecular complexity index is 1040. The topological polar surface area (TPSA) is 51.6 Å². The lowest BCUT2D eigenvalue weighted by Gasteiger charge is -2.04. The highest BCUT2D eigenvalue weighted by Crippen LogP contribution is 2.36. The summed E-state index contributed by atoms with van der Waals surface area (Å²) in [5, 5.41) is 5.31. The quantitative estimate of drug-likeness (QED) is 0.347. The third-order valence-corrected chi connectivity index (χ3v) is 6.92. The number of hydrogen-bond donors (Lipinski definition) is 0. The molecule has 0 aliphatic carbocycles. The Morgan fingerprint density at radius 2 is 1.96 bits per heavy atom. The summed E-state index contributed by atoms with van der Waals surface area (Å²) in [5.74, 6) is 1.62. The maximum absolute atomic E-state index is 4.72. The van der Waals surface area contributed by atoms with Crippen LogP contribution in [-0.2, 0) is 5.75 Å². The molecule has 0 radical (unpaired) electrons. The maximum Gasteiger partial charge on any atom is 0.142 e. The zero-order valence-corrected chi connectivity index (χ0v) is 16.6. The van der Waals surface area contributed by atoms with Crippen molar-refractivity contribution in [2.45, 2.75) is 31.6 Å². The van der Waals surface area contributed by atoms with Gasteiger partial charge in [0.25, 0.3) is 0 Å². The molecule has 4 aromatic rings. The zero-order chi connectivity index (χ0) is 17.4. The van der Waals surface area contributed by atoms with E-state index in [0.29, 0.717) is 0 Å². The van der Waals surface area contributed by atoms with E-state index in [4.69, 9.17) is 4.98 Å². The number of aryl methyl sites for hydroxylation is 3. The first kappa shape index (κ1) is 16.6. The van der Waals surface area contributed by atoms with Crippen molar-refractivity contribution in [3.63, 3.8) is 0 Å². The lowest BCUT2D eigenvalue weighted by Crippen LogP contribution is -1.92. The van der Waals surface area contributed by atoms with Crippen molar-refractivity contribution in [2.75, 3.05) is 0 Å². The summed E-state index contributed by atoms with van der Waals surface area (Å²) in [7, 11) is 0. The molecule has 0 aromatic carbocycles. The fourth-order valence-corrected chi connectivity index (χ4v) is 5.60. The molecule has 4 heterocycles. The number of thioether (sulfide) groups is 1. The Labute approximate surface area is 158 Å². The number of rotatable bonds is 4. The standard InChI is InChI=1S/C18H16N4S3/c1-10-11(2)25-18-15(10)17(20-12(3)21-18)24-9-13-8-23-16(22-13)14-6-4-5-7-19-14/h4-8H,9H2,1-3H3. The molecule has 0 fully saturated rings. The molecule has 0 unspecified atom stereocenters. The molecule has 0 N–H and O–H groups in total. The Hall–Kier alpha value is -1.83. The number of thiophene rings is 1. The number of thiazole rings is 1. The van der Waals surface area contributed by atoms with Crippen molar-refractivity contribution in [3.8, 4) is 10.7 Å². The van der Waals surface area contributed by atoms with Crippen molar-refractivity contribution in [1.29, 1.82) is 0 Å². The zero-order valence-electron chi connectivity index (χ0n) is 14.1. The predicted octanol–water partition coefficient (Wildman–Crippen LogP) is 5.43. The number of aromatic nitrogens is 4. The van der Waals surface area contributed by atoms with E-state index < -0.39 is 0 Å². The minimum atomic E-state index is 0.795. The van der Waals surface area contributed by atoms with Crippen LogP contribution in [0.1, 0.15) is 22.0 Å². The highest BCUT2D eigenvalue weighted by Gasteiger charge is 2.14. The van der Waals surface area contributed by atoms with Crippen LogP contribution in [0.4, 0.5) is 0 Å². The van der Waals surface area contributed by atoms with Crippen LogP contribution in [0.15, 0.2) is 34.8 Å². The minimum Gasteiger partial charge on any atom is -0.254 e. The Morgan fingerprint density at radius 1 is 1.08 bits per heavy atom. The first-order chi connectivity index (χ1) is 12.1. The van der Waals surface area contributed by atoms with Crippen LogP contribution < -0.4 is 0 Å². The maximum atomic E-state index is 4.72. The van der Waals surface area contributed by atoms with E-state index in [0.717, 1.165) is 37.8 Å². The molecule has 4 rings (SSSR count). The predicted molar refractivity (Wildman–Crippen MR) is 107 cm³/mol. The number of hydrogen-bond acceptors (Lipinski definition) is 7. The van der Waals surface area contributed by atoms with Crippen molar-refractivity contribution < 1.29 is 0 Å². The Kier molecular flexibility index (Phi) is 4.54. The molecule has 0 aliphatic rings. The molecule has 4 aromatic heterocycles. The van der Waals surface area contributed by atoms with Crippen LogP contribution in [0.25, 0.3) is 20.9 Å². The molecule has 4 nitrogen and oxygen atoms in total. The lowest BCUT2D eigenvalue weighted by atomic mass is 10.2. The summed E-state index contributed by atoms with van der Waals surface area (Å²) in [5.41, 5.74) is 3.27. The molecule has 0 amide bonds. The van der Waals surface area contributed by atoms with Gasteiger partial charge in [-0.25, -0.2) is 15.0 Å². The molecule has 126 valence electrons. The molecule has 25 heavy (non-hydrogen) atoms. The average molecular weight is 385 g/mol. The summed E-state index contributed by atoms with van der Waals surface area (Å²) < 4.78 is 0. The highest BCUT2D eigenvalue weighted by atomic mass is 32.2. The van der Waals surface area contributed by atoms with E-state index in [2.05, 4.69) is 34.2 Å². The summed E-state index contributed by atoms with van der Waals surface area (Å²) >= 11 is 5.11. The second-order valence-electron chi connectivity index (χ2n) is 5.69. The molecule has 0 saturated carbocycles. The SMILES string of the molecule is Cc1nc(SCc2csc(-c3ccccn3)n2)c2c(C)c(C)sc2n1. The molecular formula is C18H16N4S3. The second-order valence-corrected chi connectivity index (χ2v) is 8.71. The third-order valence-electron chi connectivity index (χ3n) is 3.90. The molecule has 0 saturated heterocycles. The van der Waals surface area contributed by atoms with Gasteiger partial charge in [0.05, 0.1) is 11.4 Å². The fourth-order valence-electron chi connectivity index (χ4n) is 2.54. The smallest absolute Gasteiger partial charge is 0.142 e. The van der Waals surface area contributed by atoms with Crippen molar-refractivity contribution in [2.24, 2.45) is 0 Å². The number of nitrogens with zero attached hydrogens (tertiary/aromatic N) is 4. The van der Waals surface area contributed by atoms with E-state index in [-0.39, 0.29) is 0 Å². The largest absolute Gasteiger partial charge is 0.254 e. The Balaban J connectivity index is 1.60. The van der Waals surface area contributed by atoms with Gasteiger partial charge in [0.2, 0.25) is 0 Å². The van der Waals surface area contributed by atoms with Crippen molar-refractivity contribution >= 4 is 44.7 Å². The van der Waals surface area contributed by atoms with E-state index in [1.165, 1.54) is 15.8 Å². The summed E-state index contributed by atoms with van der Waals surface area (Å²) in [4.78, 5) is 20.7. The highest BCUT2D eigenvalue weighted by molar-refractivity contribution is 7.98. The van der Waals surface area contributed by atoms with E-state index in [1.807, 2.05) is 25.1 Å². The normalized spacial score (nSPS) is 11.3. The van der Waals surface area contributed by atoms with Crippen LogP contribution in [0, 0.1) is 20.8 Å². The summed E-state index contributed by atoms with van der Waals surface area (Å²) in [6, 6.07) is 5.90. The summed E-state index contributed by atoms with van der Waals surface area (Å²) in [6.07, 6.45) is 1.80. The minimum absolute atomic E-state index is 0.795. The molecule has 0 bridgehead atoms. The van der Waals surface area contributed by atoms with Gasteiger partial charge >= 0.3 is 0 Å². The average Bonchev–Trinajstić information content (AvgIpc) is 3.19. The van der Waals surface area contributed by atoms with Gasteiger partial charge in [-0.05, 0) is 38.5 Å². The fraction of sp³-hybridized carbons (Fsp3) is 0.222.